The van der Waals surface area contributed by atoms with E-state index < -0.39 is 16.9 Å². The number of nitrogens with one attached hydrogen (secondary N) is 1. The molecule has 108 valence electrons. The van der Waals surface area contributed by atoms with Gasteiger partial charge in [-0.1, -0.05) is 31.4 Å². The number of carbonyl (C=O) groups is 1. The SMILES string of the molecule is O=C(NC1CCCCC1)C(O)c1ccccc1[N+](=O)[O-]. The number of nitro groups is 1. The molecule has 2 rings (SSSR count). The zero-order valence-corrected chi connectivity index (χ0v) is 11.1. The van der Waals surface area contributed by atoms with E-state index in [-0.39, 0.29) is 17.3 Å². The third kappa shape index (κ3) is 3.33. The summed E-state index contributed by atoms with van der Waals surface area (Å²) in [6, 6.07) is 5.83. The first-order valence-electron chi connectivity index (χ1n) is 6.81. The fourth-order valence-corrected chi connectivity index (χ4v) is 2.55. The molecule has 2 N–H and O–H groups in total. The van der Waals surface area contributed by atoms with Crippen LogP contribution in [0.3, 0.4) is 0 Å². The molecular formula is C14H18N2O4. The molecule has 6 heteroatoms. The molecule has 0 aliphatic heterocycles. The van der Waals surface area contributed by atoms with Crippen LogP contribution < -0.4 is 5.32 Å². The zero-order chi connectivity index (χ0) is 14.5. The van der Waals surface area contributed by atoms with E-state index >= 15 is 0 Å². The van der Waals surface area contributed by atoms with Crippen molar-refractivity contribution in [1.82, 2.24) is 5.32 Å². The van der Waals surface area contributed by atoms with E-state index in [2.05, 4.69) is 5.32 Å². The van der Waals surface area contributed by atoms with E-state index in [1.54, 1.807) is 6.07 Å². The molecule has 1 atom stereocenters. The van der Waals surface area contributed by atoms with Gasteiger partial charge >= 0.3 is 0 Å². The maximum Gasteiger partial charge on any atom is 0.275 e. The van der Waals surface area contributed by atoms with Crippen LogP contribution in [-0.4, -0.2) is 22.0 Å². The Morgan fingerprint density at radius 3 is 2.60 bits per heavy atom. The molecule has 1 aromatic carbocycles. The van der Waals surface area contributed by atoms with Gasteiger partial charge in [-0.15, -0.1) is 0 Å². The Morgan fingerprint density at radius 2 is 1.95 bits per heavy atom. The standard InChI is InChI=1S/C14H18N2O4/c17-13(11-8-4-5-9-12(11)16(19)20)14(18)15-10-6-2-1-3-7-10/h4-5,8-10,13,17H,1-3,6-7H2,(H,15,18). The van der Waals surface area contributed by atoms with Gasteiger partial charge in [0.25, 0.3) is 11.6 Å². The molecule has 0 aromatic heterocycles. The van der Waals surface area contributed by atoms with Crippen molar-refractivity contribution in [1.29, 1.82) is 0 Å². The second kappa shape index (κ2) is 6.47. The lowest BCUT2D eigenvalue weighted by Crippen LogP contribution is -2.39. The van der Waals surface area contributed by atoms with Gasteiger partial charge in [0.1, 0.15) is 0 Å². The lowest BCUT2D eigenvalue weighted by Gasteiger charge is -2.24. The van der Waals surface area contributed by atoms with Crippen LogP contribution in [0.5, 0.6) is 0 Å². The summed E-state index contributed by atoms with van der Waals surface area (Å²) in [7, 11) is 0. The van der Waals surface area contributed by atoms with Gasteiger partial charge in [0.15, 0.2) is 6.10 Å². The Morgan fingerprint density at radius 1 is 1.30 bits per heavy atom. The minimum Gasteiger partial charge on any atom is -0.378 e. The maximum absolute atomic E-state index is 12.0. The third-order valence-corrected chi connectivity index (χ3v) is 3.63. The minimum atomic E-state index is -1.50. The lowest BCUT2D eigenvalue weighted by atomic mass is 9.95. The average molecular weight is 278 g/mol. The Hall–Kier alpha value is -1.95. The lowest BCUT2D eigenvalue weighted by molar-refractivity contribution is -0.386. The highest BCUT2D eigenvalue weighted by Gasteiger charge is 2.27. The number of carbonyl (C=O) groups excluding carboxylic acids is 1. The Balaban J connectivity index is 2.08. The van der Waals surface area contributed by atoms with Crippen LogP contribution in [-0.2, 0) is 4.79 Å². The van der Waals surface area contributed by atoms with Crippen molar-refractivity contribution in [2.24, 2.45) is 0 Å². The number of aliphatic hydroxyl groups excluding tert-OH is 1. The van der Waals surface area contributed by atoms with Gasteiger partial charge < -0.3 is 10.4 Å². The van der Waals surface area contributed by atoms with Crippen LogP contribution in [0.25, 0.3) is 0 Å². The summed E-state index contributed by atoms with van der Waals surface area (Å²) in [4.78, 5) is 22.3. The number of aliphatic hydroxyl groups is 1. The molecule has 1 aromatic rings. The van der Waals surface area contributed by atoms with Crippen LogP contribution in [0.2, 0.25) is 0 Å². The maximum atomic E-state index is 12.0. The van der Waals surface area contributed by atoms with Crippen molar-refractivity contribution in [3.63, 3.8) is 0 Å². The largest absolute Gasteiger partial charge is 0.378 e. The van der Waals surface area contributed by atoms with Crippen molar-refractivity contribution in [2.45, 2.75) is 44.2 Å². The molecule has 0 heterocycles. The first-order chi connectivity index (χ1) is 9.59. The van der Waals surface area contributed by atoms with Gasteiger partial charge in [-0.3, -0.25) is 14.9 Å². The third-order valence-electron chi connectivity index (χ3n) is 3.63. The molecule has 0 radical (unpaired) electrons. The number of benzene rings is 1. The van der Waals surface area contributed by atoms with Gasteiger partial charge in [-0.2, -0.15) is 0 Å². The summed E-state index contributed by atoms with van der Waals surface area (Å²) in [6.45, 7) is 0. The predicted molar refractivity (Wildman–Crippen MR) is 73.1 cm³/mol. The Bertz CT molecular complexity index is 498. The van der Waals surface area contributed by atoms with Crippen molar-refractivity contribution < 1.29 is 14.8 Å². The van der Waals surface area contributed by atoms with Gasteiger partial charge in [-0.05, 0) is 18.9 Å². The summed E-state index contributed by atoms with van der Waals surface area (Å²) in [6.07, 6.45) is 3.58. The molecule has 1 aliphatic carbocycles. The van der Waals surface area contributed by atoms with E-state index in [9.17, 15) is 20.0 Å². The summed E-state index contributed by atoms with van der Waals surface area (Å²) in [5.74, 6) is -0.564. The van der Waals surface area contributed by atoms with Crippen molar-refractivity contribution in [3.8, 4) is 0 Å². The average Bonchev–Trinajstić information content (AvgIpc) is 2.47. The Labute approximate surface area is 117 Å². The number of hydrogen-bond acceptors (Lipinski definition) is 4. The highest BCUT2D eigenvalue weighted by molar-refractivity contribution is 5.83. The summed E-state index contributed by atoms with van der Waals surface area (Å²) in [5.41, 5.74) is -0.204. The van der Waals surface area contributed by atoms with Crippen molar-refractivity contribution >= 4 is 11.6 Å². The first kappa shape index (κ1) is 14.5. The molecule has 0 spiro atoms. The van der Waals surface area contributed by atoms with E-state index in [1.807, 2.05) is 0 Å². The highest BCUT2D eigenvalue weighted by Crippen LogP contribution is 2.25. The smallest absolute Gasteiger partial charge is 0.275 e. The number of amides is 1. The van der Waals surface area contributed by atoms with E-state index in [4.69, 9.17) is 0 Å². The van der Waals surface area contributed by atoms with Crippen LogP contribution in [0.1, 0.15) is 43.8 Å². The molecule has 0 bridgehead atoms. The van der Waals surface area contributed by atoms with Gasteiger partial charge in [0, 0.05) is 12.1 Å². The van der Waals surface area contributed by atoms with Crippen LogP contribution in [0.4, 0.5) is 5.69 Å². The van der Waals surface area contributed by atoms with Crippen LogP contribution in [0.15, 0.2) is 24.3 Å². The summed E-state index contributed by atoms with van der Waals surface area (Å²) < 4.78 is 0. The number of para-hydroxylation sites is 1. The number of nitrogens with zero attached hydrogens (tertiary/aromatic N) is 1. The minimum absolute atomic E-state index is 0.0332. The second-order valence-corrected chi connectivity index (χ2v) is 5.06. The van der Waals surface area contributed by atoms with E-state index in [1.165, 1.54) is 24.6 Å². The quantitative estimate of drug-likeness (QED) is 0.651. The topological polar surface area (TPSA) is 92.5 Å². The van der Waals surface area contributed by atoms with E-state index in [0.29, 0.717) is 0 Å². The molecule has 1 fully saturated rings. The van der Waals surface area contributed by atoms with Crippen LogP contribution in [0, 0.1) is 10.1 Å². The fraction of sp³-hybridized carbons (Fsp3) is 0.500. The Kier molecular flexibility index (Phi) is 4.68. The number of rotatable bonds is 4. The molecular weight excluding hydrogens is 260 g/mol. The molecule has 6 nitrogen and oxygen atoms in total. The van der Waals surface area contributed by atoms with Crippen LogP contribution >= 0.6 is 0 Å². The van der Waals surface area contributed by atoms with Crippen molar-refractivity contribution in [2.75, 3.05) is 0 Å². The summed E-state index contributed by atoms with van der Waals surface area (Å²) >= 11 is 0. The molecule has 1 amide bonds. The predicted octanol–water partition coefficient (Wildman–Crippen LogP) is 2.08. The number of nitro benzene ring substituents is 1. The van der Waals surface area contributed by atoms with E-state index in [0.717, 1.165) is 25.7 Å². The second-order valence-electron chi connectivity index (χ2n) is 5.06. The van der Waals surface area contributed by atoms with Crippen molar-refractivity contribution in [3.05, 3.63) is 39.9 Å². The molecule has 1 saturated carbocycles. The van der Waals surface area contributed by atoms with Gasteiger partial charge in [0.2, 0.25) is 0 Å². The zero-order valence-electron chi connectivity index (χ0n) is 11.1. The normalized spacial score (nSPS) is 17.4. The molecule has 20 heavy (non-hydrogen) atoms. The highest BCUT2D eigenvalue weighted by atomic mass is 16.6. The number of hydrogen-bond donors (Lipinski definition) is 2. The fourth-order valence-electron chi connectivity index (χ4n) is 2.55. The van der Waals surface area contributed by atoms with Gasteiger partial charge in [-0.25, -0.2) is 0 Å². The molecule has 1 aliphatic rings. The first-order valence-corrected chi connectivity index (χ1v) is 6.81. The molecule has 1 unspecified atom stereocenters. The summed E-state index contributed by atoms with van der Waals surface area (Å²) in [5, 5.41) is 23.7. The molecule has 0 saturated heterocycles. The monoisotopic (exact) mass is 278 g/mol. The van der Waals surface area contributed by atoms with Gasteiger partial charge in [0.05, 0.1) is 10.5 Å².